The topological polar surface area (TPSA) is 35.2 Å². The molecule has 0 amide bonds. The quantitative estimate of drug-likeness (QED) is 0.649. The number of ether oxygens (including phenoxy) is 1. The van der Waals surface area contributed by atoms with E-state index >= 15 is 0 Å². The van der Waals surface area contributed by atoms with E-state index in [-0.39, 0.29) is 0 Å². The molecule has 0 aliphatic carbocycles. The number of nitrogen functional groups attached to an aromatic ring is 1. The number of methoxy groups -OCH3 is 1. The predicted octanol–water partition coefficient (Wildman–Crippen LogP) is 3.10. The van der Waals surface area contributed by atoms with Gasteiger partial charge in [-0.3, -0.25) is 0 Å². The Kier molecular flexibility index (Phi) is 2.33. The van der Waals surface area contributed by atoms with Crippen LogP contribution < -0.4 is 10.5 Å². The number of nitrogens with two attached hydrogens (primary N) is 1. The van der Waals surface area contributed by atoms with Crippen molar-refractivity contribution < 1.29 is 4.74 Å². The Hall–Kier alpha value is -0.490. The predicted molar refractivity (Wildman–Crippen MR) is 65.5 cm³/mol. The Bertz CT molecular complexity index is 452. The van der Waals surface area contributed by atoms with Crippen molar-refractivity contribution in [2.45, 2.75) is 0 Å². The van der Waals surface area contributed by atoms with E-state index in [1.165, 1.54) is 4.70 Å². The molecule has 0 aliphatic rings. The van der Waals surface area contributed by atoms with Gasteiger partial charge in [-0.25, -0.2) is 0 Å². The molecule has 0 atom stereocenters. The van der Waals surface area contributed by atoms with Crippen molar-refractivity contribution in [2.24, 2.45) is 0 Å². The number of benzene rings is 1. The summed E-state index contributed by atoms with van der Waals surface area (Å²) in [5.74, 6) is 0.886. The Morgan fingerprint density at radius 3 is 3.00 bits per heavy atom. The van der Waals surface area contributed by atoms with Crippen LogP contribution in [0.2, 0.25) is 0 Å². The molecule has 2 nitrogen and oxygen atoms in total. The molecule has 68 valence electrons. The molecule has 2 rings (SSSR count). The first kappa shape index (κ1) is 9.08. The summed E-state index contributed by atoms with van der Waals surface area (Å²) >= 11 is 3.88. The van der Waals surface area contributed by atoms with E-state index < -0.39 is 0 Å². The second-order valence-corrected chi connectivity index (χ2v) is 4.67. The number of hydrogen-bond donors (Lipinski definition) is 1. The highest BCUT2D eigenvalue weighted by Gasteiger charge is 2.10. The van der Waals surface area contributed by atoms with Gasteiger partial charge in [0.2, 0.25) is 0 Å². The normalized spacial score (nSPS) is 10.6. The lowest BCUT2D eigenvalue weighted by atomic mass is 10.2. The van der Waals surface area contributed by atoms with E-state index in [2.05, 4.69) is 28.7 Å². The highest BCUT2D eigenvalue weighted by atomic mass is 127. The van der Waals surface area contributed by atoms with Crippen molar-refractivity contribution in [3.05, 3.63) is 21.1 Å². The Morgan fingerprint density at radius 1 is 1.54 bits per heavy atom. The molecule has 4 heteroatoms. The fourth-order valence-corrected chi connectivity index (χ4v) is 2.77. The second-order valence-electron chi connectivity index (χ2n) is 2.65. The summed E-state index contributed by atoms with van der Waals surface area (Å²) in [5.41, 5.74) is 6.63. The van der Waals surface area contributed by atoms with E-state index in [1.54, 1.807) is 18.4 Å². The van der Waals surface area contributed by atoms with Crippen LogP contribution in [-0.2, 0) is 0 Å². The van der Waals surface area contributed by atoms with Crippen LogP contribution in [-0.4, -0.2) is 7.11 Å². The first-order valence-corrected chi connectivity index (χ1v) is 5.69. The summed E-state index contributed by atoms with van der Waals surface area (Å²) in [5, 5.41) is 3.19. The molecule has 13 heavy (non-hydrogen) atoms. The fourth-order valence-electron chi connectivity index (χ4n) is 1.27. The van der Waals surface area contributed by atoms with E-state index in [4.69, 9.17) is 10.5 Å². The molecule has 1 aromatic carbocycles. The van der Waals surface area contributed by atoms with E-state index in [0.717, 1.165) is 20.4 Å². The van der Waals surface area contributed by atoms with Gasteiger partial charge in [-0.05, 0) is 40.1 Å². The first-order valence-electron chi connectivity index (χ1n) is 3.73. The van der Waals surface area contributed by atoms with Crippen LogP contribution in [0, 0.1) is 3.57 Å². The summed E-state index contributed by atoms with van der Waals surface area (Å²) < 4.78 is 7.48. The zero-order valence-electron chi connectivity index (χ0n) is 7.00. The lowest BCUT2D eigenvalue weighted by Gasteiger charge is -2.07. The molecule has 0 spiro atoms. The average Bonchev–Trinajstić information content (AvgIpc) is 2.54. The highest BCUT2D eigenvalue weighted by Crippen LogP contribution is 2.37. The minimum Gasteiger partial charge on any atom is -0.495 e. The standard InChI is InChI=1S/C9H8INOS/c1-12-9-5-2-3-13-7(5)4-6(11)8(9)10/h2-4H,11H2,1H3. The molecule has 0 unspecified atom stereocenters. The lowest BCUT2D eigenvalue weighted by Crippen LogP contribution is -1.93. The molecule has 2 N–H and O–H groups in total. The smallest absolute Gasteiger partial charge is 0.142 e. The zero-order chi connectivity index (χ0) is 9.42. The van der Waals surface area contributed by atoms with Crippen molar-refractivity contribution in [1.29, 1.82) is 0 Å². The molecule has 2 aromatic rings. The van der Waals surface area contributed by atoms with Gasteiger partial charge in [0, 0.05) is 10.1 Å². The van der Waals surface area contributed by atoms with Gasteiger partial charge in [-0.2, -0.15) is 0 Å². The monoisotopic (exact) mass is 305 g/mol. The number of fused-ring (bicyclic) bond motifs is 1. The van der Waals surface area contributed by atoms with Crippen molar-refractivity contribution >= 4 is 49.7 Å². The van der Waals surface area contributed by atoms with Gasteiger partial charge in [0.25, 0.3) is 0 Å². The summed E-state index contributed by atoms with van der Waals surface area (Å²) in [7, 11) is 1.67. The maximum atomic E-state index is 5.84. The molecule has 0 saturated carbocycles. The van der Waals surface area contributed by atoms with E-state index in [9.17, 15) is 0 Å². The van der Waals surface area contributed by atoms with Crippen LogP contribution in [0.4, 0.5) is 5.69 Å². The van der Waals surface area contributed by atoms with E-state index in [1.807, 2.05) is 11.4 Å². The number of rotatable bonds is 1. The molecular weight excluding hydrogens is 297 g/mol. The van der Waals surface area contributed by atoms with Crippen molar-refractivity contribution in [1.82, 2.24) is 0 Å². The van der Waals surface area contributed by atoms with Gasteiger partial charge in [-0.15, -0.1) is 11.3 Å². The van der Waals surface area contributed by atoms with Crippen LogP contribution in [0.15, 0.2) is 17.5 Å². The molecule has 0 radical (unpaired) electrons. The lowest BCUT2D eigenvalue weighted by molar-refractivity contribution is 0.417. The SMILES string of the molecule is COc1c(I)c(N)cc2sccc12. The average molecular weight is 305 g/mol. The van der Waals surface area contributed by atoms with Crippen molar-refractivity contribution in [3.63, 3.8) is 0 Å². The molecule has 0 aliphatic heterocycles. The van der Waals surface area contributed by atoms with Gasteiger partial charge in [-0.1, -0.05) is 0 Å². The Morgan fingerprint density at radius 2 is 2.31 bits per heavy atom. The van der Waals surface area contributed by atoms with Crippen LogP contribution in [0.25, 0.3) is 10.1 Å². The fraction of sp³-hybridized carbons (Fsp3) is 0.111. The molecule has 0 saturated heterocycles. The van der Waals surface area contributed by atoms with Crippen molar-refractivity contribution in [2.75, 3.05) is 12.8 Å². The number of thiophene rings is 1. The van der Waals surface area contributed by atoms with Crippen LogP contribution in [0.3, 0.4) is 0 Å². The minimum atomic E-state index is 0.785. The number of anilines is 1. The minimum absolute atomic E-state index is 0.785. The zero-order valence-corrected chi connectivity index (χ0v) is 9.98. The molecular formula is C9H8INOS. The van der Waals surface area contributed by atoms with Crippen LogP contribution >= 0.6 is 33.9 Å². The Balaban J connectivity index is 2.87. The van der Waals surface area contributed by atoms with Gasteiger partial charge in [0.15, 0.2) is 0 Å². The third kappa shape index (κ3) is 1.38. The van der Waals surface area contributed by atoms with Gasteiger partial charge >= 0.3 is 0 Å². The van der Waals surface area contributed by atoms with E-state index in [0.29, 0.717) is 0 Å². The van der Waals surface area contributed by atoms with Gasteiger partial charge < -0.3 is 10.5 Å². The Labute approximate surface area is 93.8 Å². The molecule has 1 heterocycles. The maximum Gasteiger partial charge on any atom is 0.142 e. The van der Waals surface area contributed by atoms with Gasteiger partial charge in [0.05, 0.1) is 16.4 Å². The maximum absolute atomic E-state index is 5.84. The second kappa shape index (κ2) is 3.34. The number of hydrogen-bond acceptors (Lipinski definition) is 3. The van der Waals surface area contributed by atoms with Crippen LogP contribution in [0.1, 0.15) is 0 Å². The van der Waals surface area contributed by atoms with Crippen molar-refractivity contribution in [3.8, 4) is 5.75 Å². The third-order valence-electron chi connectivity index (χ3n) is 1.88. The third-order valence-corrected chi connectivity index (χ3v) is 3.86. The largest absolute Gasteiger partial charge is 0.495 e. The number of halogens is 1. The molecule has 0 bridgehead atoms. The molecule has 1 aromatic heterocycles. The summed E-state index contributed by atoms with van der Waals surface area (Å²) in [6.07, 6.45) is 0. The first-order chi connectivity index (χ1) is 6.24. The summed E-state index contributed by atoms with van der Waals surface area (Å²) in [6.45, 7) is 0. The summed E-state index contributed by atoms with van der Waals surface area (Å²) in [6, 6.07) is 4.05. The highest BCUT2D eigenvalue weighted by molar-refractivity contribution is 14.1. The van der Waals surface area contributed by atoms with Gasteiger partial charge in [0.1, 0.15) is 5.75 Å². The summed E-state index contributed by atoms with van der Waals surface area (Å²) in [4.78, 5) is 0. The van der Waals surface area contributed by atoms with Crippen LogP contribution in [0.5, 0.6) is 5.75 Å². The molecule has 0 fully saturated rings.